The number of hydrogen-bond donors (Lipinski definition) is 0. The summed E-state index contributed by atoms with van der Waals surface area (Å²) in [4.78, 5) is 2.47. The van der Waals surface area contributed by atoms with E-state index in [1.54, 1.807) is 0 Å². The molecule has 0 amide bonds. The van der Waals surface area contributed by atoms with E-state index < -0.39 is 5.41 Å². The molecule has 0 unspecified atom stereocenters. The van der Waals surface area contributed by atoms with E-state index in [9.17, 15) is 0 Å². The molecule has 2 aromatic heterocycles. The van der Waals surface area contributed by atoms with Crippen molar-refractivity contribution in [2.24, 2.45) is 0 Å². The molecule has 0 N–H and O–H groups in total. The molecular formula is C55H36N2O. The van der Waals surface area contributed by atoms with Crippen LogP contribution in [0.15, 0.2) is 223 Å². The topological polar surface area (TPSA) is 21.3 Å². The molecule has 0 saturated heterocycles. The lowest BCUT2D eigenvalue weighted by Gasteiger charge is -2.38. The molecule has 0 aliphatic heterocycles. The van der Waals surface area contributed by atoms with Gasteiger partial charge in [-0.3, -0.25) is 0 Å². The van der Waals surface area contributed by atoms with Gasteiger partial charge in [-0.1, -0.05) is 152 Å². The Bertz CT molecular complexity index is 3300. The Hall–Kier alpha value is -7.62. The maximum absolute atomic E-state index is 6.79. The molecule has 3 heteroatoms. The van der Waals surface area contributed by atoms with Gasteiger partial charge >= 0.3 is 0 Å². The second-order valence-corrected chi connectivity index (χ2v) is 15.2. The van der Waals surface area contributed by atoms with Crippen LogP contribution >= 0.6 is 0 Å². The number of nitrogens with zero attached hydrogens (tertiary/aromatic N) is 2. The van der Waals surface area contributed by atoms with E-state index in [0.717, 1.165) is 44.7 Å². The van der Waals surface area contributed by atoms with Gasteiger partial charge in [0, 0.05) is 44.2 Å². The van der Waals surface area contributed by atoms with E-state index in [-0.39, 0.29) is 0 Å². The molecule has 12 rings (SSSR count). The van der Waals surface area contributed by atoms with Crippen LogP contribution in [0.3, 0.4) is 0 Å². The summed E-state index contributed by atoms with van der Waals surface area (Å²) < 4.78 is 9.17. The molecule has 3 nitrogen and oxygen atoms in total. The zero-order valence-electron chi connectivity index (χ0n) is 31.6. The van der Waals surface area contributed by atoms with Gasteiger partial charge in [0.25, 0.3) is 0 Å². The molecule has 0 radical (unpaired) electrons. The maximum atomic E-state index is 6.79. The largest absolute Gasteiger partial charge is 0.456 e. The molecule has 0 fully saturated rings. The van der Waals surface area contributed by atoms with Crippen LogP contribution in [0.5, 0.6) is 0 Å². The second kappa shape index (κ2) is 12.7. The van der Waals surface area contributed by atoms with E-state index in [0.29, 0.717) is 0 Å². The first-order valence-electron chi connectivity index (χ1n) is 19.9. The summed E-state index contributed by atoms with van der Waals surface area (Å²) in [7, 11) is 0. The van der Waals surface area contributed by atoms with E-state index in [4.69, 9.17) is 4.42 Å². The van der Waals surface area contributed by atoms with Crippen LogP contribution in [0.2, 0.25) is 0 Å². The highest BCUT2D eigenvalue weighted by atomic mass is 16.3. The van der Waals surface area contributed by atoms with E-state index in [1.165, 1.54) is 55.2 Å². The molecule has 0 saturated carbocycles. The van der Waals surface area contributed by atoms with Crippen molar-refractivity contribution in [2.75, 3.05) is 4.90 Å². The number of para-hydroxylation sites is 4. The molecule has 2 heterocycles. The first kappa shape index (κ1) is 32.6. The molecule has 0 atom stereocenters. The predicted octanol–water partition coefficient (Wildman–Crippen LogP) is 14.5. The summed E-state index contributed by atoms with van der Waals surface area (Å²) in [6.07, 6.45) is 0. The lowest BCUT2D eigenvalue weighted by Crippen LogP contribution is -2.31. The summed E-state index contributed by atoms with van der Waals surface area (Å²) >= 11 is 0. The second-order valence-electron chi connectivity index (χ2n) is 15.2. The molecule has 1 aliphatic rings. The third kappa shape index (κ3) is 4.56. The Morgan fingerprint density at radius 1 is 0.414 bits per heavy atom. The lowest BCUT2D eigenvalue weighted by atomic mass is 9.66. The molecule has 0 bridgehead atoms. The van der Waals surface area contributed by atoms with Crippen molar-refractivity contribution in [3.8, 4) is 16.8 Å². The van der Waals surface area contributed by atoms with Crippen molar-refractivity contribution in [1.29, 1.82) is 0 Å². The lowest BCUT2D eigenvalue weighted by molar-refractivity contribution is 0.667. The smallest absolute Gasteiger partial charge is 0.135 e. The van der Waals surface area contributed by atoms with Crippen molar-refractivity contribution in [2.45, 2.75) is 5.41 Å². The third-order valence-corrected chi connectivity index (χ3v) is 12.2. The van der Waals surface area contributed by atoms with Gasteiger partial charge in [-0.05, 0) is 94.5 Å². The maximum Gasteiger partial charge on any atom is 0.135 e. The quantitative estimate of drug-likeness (QED) is 0.169. The van der Waals surface area contributed by atoms with E-state index in [2.05, 4.69) is 228 Å². The zero-order chi connectivity index (χ0) is 38.2. The van der Waals surface area contributed by atoms with Gasteiger partial charge in [0.1, 0.15) is 11.2 Å². The number of hydrogen-bond acceptors (Lipinski definition) is 2. The highest BCUT2D eigenvalue weighted by Gasteiger charge is 2.49. The summed E-state index contributed by atoms with van der Waals surface area (Å²) in [6.45, 7) is 0. The number of aromatic nitrogens is 1. The van der Waals surface area contributed by atoms with Crippen molar-refractivity contribution in [3.05, 3.63) is 241 Å². The molecule has 0 spiro atoms. The minimum absolute atomic E-state index is 0.698. The van der Waals surface area contributed by atoms with Gasteiger partial charge in [0.05, 0.1) is 22.1 Å². The van der Waals surface area contributed by atoms with Crippen molar-refractivity contribution in [3.63, 3.8) is 0 Å². The Balaban J connectivity index is 1.25. The van der Waals surface area contributed by atoms with Crippen LogP contribution in [-0.4, -0.2) is 4.57 Å². The fourth-order valence-electron chi connectivity index (χ4n) is 9.98. The summed E-state index contributed by atoms with van der Waals surface area (Å²) in [5, 5.41) is 4.63. The number of anilines is 3. The number of furan rings is 1. The summed E-state index contributed by atoms with van der Waals surface area (Å²) in [5.74, 6) is 0. The van der Waals surface area contributed by atoms with Gasteiger partial charge < -0.3 is 13.9 Å². The van der Waals surface area contributed by atoms with Crippen molar-refractivity contribution in [1.82, 2.24) is 4.57 Å². The summed E-state index contributed by atoms with van der Waals surface area (Å²) in [5.41, 5.74) is 15.2. The van der Waals surface area contributed by atoms with Gasteiger partial charge in [-0.15, -0.1) is 0 Å². The molecule has 9 aromatic carbocycles. The molecule has 58 heavy (non-hydrogen) atoms. The molecule has 11 aromatic rings. The Kier molecular flexibility index (Phi) is 7.14. The average Bonchev–Trinajstić information content (AvgIpc) is 3.94. The summed E-state index contributed by atoms with van der Waals surface area (Å²) in [6, 6.07) is 79.3. The van der Waals surface area contributed by atoms with Crippen LogP contribution in [0.25, 0.3) is 60.6 Å². The van der Waals surface area contributed by atoms with Gasteiger partial charge in [-0.2, -0.15) is 0 Å². The predicted molar refractivity (Wildman–Crippen MR) is 240 cm³/mol. The minimum atomic E-state index is -0.698. The molecular weight excluding hydrogens is 705 g/mol. The van der Waals surface area contributed by atoms with Crippen LogP contribution < -0.4 is 4.90 Å². The monoisotopic (exact) mass is 740 g/mol. The highest BCUT2D eigenvalue weighted by molar-refractivity contribution is 6.13. The highest BCUT2D eigenvalue weighted by Crippen LogP contribution is 2.61. The fourth-order valence-corrected chi connectivity index (χ4v) is 9.98. The molecule has 1 aliphatic carbocycles. The Morgan fingerprint density at radius 3 is 1.74 bits per heavy atom. The standard InChI is InChI=1S/C55H36N2O/c1-4-18-37(19-5-1)55(46-28-14-10-24-41(46)42-25-11-15-29-47(42)55)54-50(34-35-52-53(54)44-27-13-17-31-51(44)58-52)56(38-20-6-2-7-21-38)40-32-33-49-45(36-40)43-26-12-16-30-48(43)57(49)39-22-8-3-9-23-39/h1-36H. The van der Waals surface area contributed by atoms with Gasteiger partial charge in [-0.25, -0.2) is 0 Å². The van der Waals surface area contributed by atoms with Crippen LogP contribution in [0.4, 0.5) is 17.1 Å². The van der Waals surface area contributed by atoms with Gasteiger partial charge in [0.2, 0.25) is 0 Å². The number of benzene rings is 9. The first-order valence-corrected chi connectivity index (χ1v) is 19.9. The average molecular weight is 741 g/mol. The normalized spacial score (nSPS) is 13.0. The van der Waals surface area contributed by atoms with Crippen LogP contribution in [0, 0.1) is 0 Å². The van der Waals surface area contributed by atoms with Crippen LogP contribution in [-0.2, 0) is 5.41 Å². The van der Waals surface area contributed by atoms with E-state index in [1.807, 2.05) is 0 Å². The Labute approximate surface area is 336 Å². The minimum Gasteiger partial charge on any atom is -0.456 e. The molecule has 272 valence electrons. The SMILES string of the molecule is c1ccc(N(c2ccc3c(c2)c2ccccc2n3-c2ccccc2)c2ccc3oc4ccccc4c3c2C2(c3ccccc3)c3ccccc3-c3ccccc32)cc1. The van der Waals surface area contributed by atoms with Gasteiger partial charge in [0.15, 0.2) is 0 Å². The fraction of sp³-hybridized carbons (Fsp3) is 0.0182. The van der Waals surface area contributed by atoms with Crippen molar-refractivity contribution >= 4 is 60.8 Å². The number of fused-ring (bicyclic) bond motifs is 9. The number of rotatable bonds is 6. The third-order valence-electron chi connectivity index (χ3n) is 12.2. The van der Waals surface area contributed by atoms with E-state index >= 15 is 0 Å². The van der Waals surface area contributed by atoms with Crippen molar-refractivity contribution < 1.29 is 4.42 Å². The Morgan fingerprint density at radius 2 is 1.00 bits per heavy atom. The first-order chi connectivity index (χ1) is 28.8. The van der Waals surface area contributed by atoms with Crippen LogP contribution in [0.1, 0.15) is 22.3 Å². The zero-order valence-corrected chi connectivity index (χ0v) is 31.6.